The lowest BCUT2D eigenvalue weighted by molar-refractivity contribution is -0.141. The molecule has 0 spiro atoms. The molecule has 1 amide bonds. The van der Waals surface area contributed by atoms with E-state index in [0.29, 0.717) is 24.5 Å². The number of hydrogen-bond donors (Lipinski definition) is 1. The largest absolute Gasteiger partial charge is 0.497 e. The second-order valence-electron chi connectivity index (χ2n) is 6.88. The minimum absolute atomic E-state index is 0.146. The van der Waals surface area contributed by atoms with Crippen molar-refractivity contribution in [1.82, 2.24) is 4.90 Å². The van der Waals surface area contributed by atoms with Crippen molar-refractivity contribution in [1.29, 1.82) is 0 Å². The van der Waals surface area contributed by atoms with Gasteiger partial charge in [0.1, 0.15) is 11.3 Å². The van der Waals surface area contributed by atoms with Gasteiger partial charge in [-0.25, -0.2) is 0 Å². The zero-order chi connectivity index (χ0) is 20.4. The SMILES string of the molecule is COc1ccc2c(-c3ccccc3)c(C(=O)N3CCOC(CC(=O)O)C3)oc2c1. The number of morpholine rings is 1. The molecule has 150 valence electrons. The van der Waals surface area contributed by atoms with E-state index in [9.17, 15) is 9.59 Å². The number of methoxy groups -OCH3 is 1. The third kappa shape index (κ3) is 3.82. The Bertz CT molecular complexity index is 1040. The molecule has 0 aliphatic carbocycles. The number of carbonyl (C=O) groups excluding carboxylic acids is 1. The van der Waals surface area contributed by atoms with Crippen molar-refractivity contribution in [3.63, 3.8) is 0 Å². The minimum atomic E-state index is -0.954. The quantitative estimate of drug-likeness (QED) is 0.712. The molecule has 3 aromatic rings. The standard InChI is InChI=1S/C22H21NO6/c1-27-15-7-8-17-18(11-15)29-21(20(17)14-5-3-2-4-6-14)22(26)23-9-10-28-16(13-23)12-19(24)25/h2-8,11,16H,9-10,12-13H2,1H3,(H,24,25). The highest BCUT2D eigenvalue weighted by Gasteiger charge is 2.31. The Hall–Kier alpha value is -3.32. The molecule has 2 aromatic carbocycles. The van der Waals surface area contributed by atoms with Crippen molar-refractivity contribution < 1.29 is 28.6 Å². The Morgan fingerprint density at radius 2 is 2.00 bits per heavy atom. The van der Waals surface area contributed by atoms with Gasteiger partial charge in [-0.05, 0) is 17.7 Å². The number of rotatable bonds is 5. The fraction of sp³-hybridized carbons (Fsp3) is 0.273. The average Bonchev–Trinajstić information content (AvgIpc) is 3.12. The number of nitrogens with zero attached hydrogens (tertiary/aromatic N) is 1. The van der Waals surface area contributed by atoms with E-state index >= 15 is 0 Å². The van der Waals surface area contributed by atoms with Crippen molar-refractivity contribution in [2.24, 2.45) is 0 Å². The molecule has 1 saturated heterocycles. The third-order valence-corrected chi connectivity index (χ3v) is 4.98. The van der Waals surface area contributed by atoms with Crippen molar-refractivity contribution in [3.05, 3.63) is 54.3 Å². The monoisotopic (exact) mass is 395 g/mol. The smallest absolute Gasteiger partial charge is 0.306 e. The summed E-state index contributed by atoms with van der Waals surface area (Å²) in [5.74, 6) is -0.365. The molecule has 0 saturated carbocycles. The van der Waals surface area contributed by atoms with Crippen LogP contribution in [0, 0.1) is 0 Å². The number of carboxylic acid groups (broad SMARTS) is 1. The van der Waals surface area contributed by atoms with Gasteiger partial charge in [0.05, 0.1) is 26.2 Å². The molecule has 1 aliphatic heterocycles. The summed E-state index contributed by atoms with van der Waals surface area (Å²) in [6, 6.07) is 15.0. The summed E-state index contributed by atoms with van der Waals surface area (Å²) in [5.41, 5.74) is 2.14. The van der Waals surface area contributed by atoms with Gasteiger partial charge >= 0.3 is 5.97 Å². The van der Waals surface area contributed by atoms with Crippen LogP contribution in [0.25, 0.3) is 22.1 Å². The van der Waals surface area contributed by atoms with Crippen LogP contribution in [-0.2, 0) is 9.53 Å². The van der Waals surface area contributed by atoms with Crippen LogP contribution < -0.4 is 4.74 Å². The number of ether oxygens (including phenoxy) is 2. The molecule has 0 bridgehead atoms. The zero-order valence-electron chi connectivity index (χ0n) is 16.0. The van der Waals surface area contributed by atoms with Crippen LogP contribution in [0.15, 0.2) is 52.9 Å². The van der Waals surface area contributed by atoms with E-state index in [0.717, 1.165) is 16.5 Å². The Morgan fingerprint density at radius 3 is 2.72 bits per heavy atom. The predicted octanol–water partition coefficient (Wildman–Crippen LogP) is 3.42. The molecule has 1 aromatic heterocycles. The van der Waals surface area contributed by atoms with Gasteiger partial charge in [0.2, 0.25) is 5.76 Å². The van der Waals surface area contributed by atoms with Gasteiger partial charge in [-0.2, -0.15) is 0 Å². The van der Waals surface area contributed by atoms with E-state index in [1.807, 2.05) is 42.5 Å². The first kappa shape index (κ1) is 19.0. The molecule has 1 unspecified atom stereocenters. The van der Waals surface area contributed by atoms with Gasteiger partial charge in [-0.3, -0.25) is 9.59 Å². The molecule has 29 heavy (non-hydrogen) atoms. The fourth-order valence-electron chi connectivity index (χ4n) is 3.61. The van der Waals surface area contributed by atoms with Crippen LogP contribution in [0.3, 0.4) is 0 Å². The Balaban J connectivity index is 1.76. The molecule has 1 fully saturated rings. The summed E-state index contributed by atoms with van der Waals surface area (Å²) in [6.07, 6.45) is -0.679. The highest BCUT2D eigenvalue weighted by Crippen LogP contribution is 2.37. The van der Waals surface area contributed by atoms with Crippen LogP contribution in [-0.4, -0.2) is 54.8 Å². The van der Waals surface area contributed by atoms with E-state index in [4.69, 9.17) is 19.0 Å². The van der Waals surface area contributed by atoms with E-state index in [2.05, 4.69) is 0 Å². The van der Waals surface area contributed by atoms with E-state index < -0.39 is 12.1 Å². The molecule has 1 N–H and O–H groups in total. The normalized spacial score (nSPS) is 16.7. The number of amides is 1. The number of furan rings is 1. The lowest BCUT2D eigenvalue weighted by atomic mass is 10.0. The van der Waals surface area contributed by atoms with Gasteiger partial charge in [0, 0.05) is 30.1 Å². The Labute approximate surface area is 167 Å². The zero-order valence-corrected chi connectivity index (χ0v) is 16.0. The number of hydrogen-bond acceptors (Lipinski definition) is 5. The van der Waals surface area contributed by atoms with Gasteiger partial charge in [0.25, 0.3) is 5.91 Å². The Kier molecular flexibility index (Phi) is 5.22. The summed E-state index contributed by atoms with van der Waals surface area (Å²) < 4.78 is 16.8. The fourth-order valence-corrected chi connectivity index (χ4v) is 3.61. The van der Waals surface area contributed by atoms with E-state index in [-0.39, 0.29) is 24.6 Å². The van der Waals surface area contributed by atoms with Crippen LogP contribution in [0.5, 0.6) is 5.75 Å². The second kappa shape index (κ2) is 7.97. The van der Waals surface area contributed by atoms with Gasteiger partial charge in [0.15, 0.2) is 0 Å². The average molecular weight is 395 g/mol. The maximum atomic E-state index is 13.3. The predicted molar refractivity (Wildman–Crippen MR) is 106 cm³/mol. The lowest BCUT2D eigenvalue weighted by Gasteiger charge is -2.31. The van der Waals surface area contributed by atoms with Crippen molar-refractivity contribution in [2.45, 2.75) is 12.5 Å². The first-order valence-electron chi connectivity index (χ1n) is 9.35. The van der Waals surface area contributed by atoms with E-state index in [1.165, 1.54) is 0 Å². The molecule has 4 rings (SSSR count). The molecule has 1 aliphatic rings. The minimum Gasteiger partial charge on any atom is -0.497 e. The highest BCUT2D eigenvalue weighted by atomic mass is 16.5. The summed E-state index contributed by atoms with van der Waals surface area (Å²) in [5, 5.41) is 9.85. The van der Waals surface area contributed by atoms with Crippen molar-refractivity contribution in [3.8, 4) is 16.9 Å². The van der Waals surface area contributed by atoms with Crippen molar-refractivity contribution >= 4 is 22.8 Å². The summed E-state index contributed by atoms with van der Waals surface area (Å²) >= 11 is 0. The number of benzene rings is 2. The van der Waals surface area contributed by atoms with Crippen molar-refractivity contribution in [2.75, 3.05) is 26.8 Å². The Morgan fingerprint density at radius 1 is 1.21 bits per heavy atom. The number of carbonyl (C=O) groups is 2. The molecule has 7 nitrogen and oxygen atoms in total. The molecule has 2 heterocycles. The van der Waals surface area contributed by atoms with Crippen LogP contribution in [0.4, 0.5) is 0 Å². The maximum absolute atomic E-state index is 13.3. The lowest BCUT2D eigenvalue weighted by Crippen LogP contribution is -2.46. The van der Waals surface area contributed by atoms with Gasteiger partial charge in [-0.15, -0.1) is 0 Å². The second-order valence-corrected chi connectivity index (χ2v) is 6.88. The molecular weight excluding hydrogens is 374 g/mol. The third-order valence-electron chi connectivity index (χ3n) is 4.98. The topological polar surface area (TPSA) is 89.2 Å². The number of fused-ring (bicyclic) bond motifs is 1. The molecule has 0 radical (unpaired) electrons. The van der Waals surface area contributed by atoms with Gasteiger partial charge < -0.3 is 23.9 Å². The van der Waals surface area contributed by atoms with Gasteiger partial charge in [-0.1, -0.05) is 30.3 Å². The van der Waals surface area contributed by atoms with Crippen LogP contribution >= 0.6 is 0 Å². The molecule has 7 heteroatoms. The van der Waals surface area contributed by atoms with E-state index in [1.54, 1.807) is 18.1 Å². The number of aliphatic carboxylic acids is 1. The van der Waals surface area contributed by atoms with Crippen LogP contribution in [0.2, 0.25) is 0 Å². The summed E-state index contributed by atoms with van der Waals surface area (Å²) in [4.78, 5) is 26.0. The molecule has 1 atom stereocenters. The first-order chi connectivity index (χ1) is 14.1. The maximum Gasteiger partial charge on any atom is 0.306 e. The first-order valence-corrected chi connectivity index (χ1v) is 9.35. The molecular formula is C22H21NO6. The highest BCUT2D eigenvalue weighted by molar-refractivity contribution is 6.08. The number of carboxylic acids is 1. The summed E-state index contributed by atoms with van der Waals surface area (Å²) in [7, 11) is 1.57. The summed E-state index contributed by atoms with van der Waals surface area (Å²) in [6.45, 7) is 0.877. The van der Waals surface area contributed by atoms with Crippen LogP contribution in [0.1, 0.15) is 17.0 Å².